The van der Waals surface area contributed by atoms with Crippen LogP contribution < -0.4 is 10.6 Å². The van der Waals surface area contributed by atoms with Gasteiger partial charge in [-0.1, -0.05) is 25.4 Å². The van der Waals surface area contributed by atoms with Crippen LogP contribution >= 0.6 is 11.6 Å². The van der Waals surface area contributed by atoms with E-state index in [0.29, 0.717) is 5.02 Å². The summed E-state index contributed by atoms with van der Waals surface area (Å²) >= 11 is 6.43. The van der Waals surface area contributed by atoms with Gasteiger partial charge in [-0.25, -0.2) is 4.98 Å². The van der Waals surface area contributed by atoms with Crippen LogP contribution in [0.5, 0.6) is 0 Å². The topological polar surface area (TPSA) is 59.0 Å². The largest absolute Gasteiger partial charge is 0.324 e. The average Bonchev–Trinajstić information content (AvgIpc) is 3.04. The van der Waals surface area contributed by atoms with E-state index in [1.54, 1.807) is 6.20 Å². The molecular weight excluding hydrogens is 288 g/mol. The number of hydrogen-bond donors (Lipinski definition) is 2. The maximum Gasteiger partial charge on any atom is 0.246 e. The van der Waals surface area contributed by atoms with Gasteiger partial charge in [0.2, 0.25) is 5.91 Å². The molecule has 1 atom stereocenters. The van der Waals surface area contributed by atoms with Crippen molar-refractivity contribution in [1.29, 1.82) is 0 Å². The number of fused-ring (bicyclic) bond motifs is 1. The van der Waals surface area contributed by atoms with Crippen LogP contribution in [-0.4, -0.2) is 22.0 Å². The van der Waals surface area contributed by atoms with Crippen molar-refractivity contribution in [2.45, 2.75) is 26.3 Å². The Morgan fingerprint density at radius 3 is 2.95 bits per heavy atom. The molecule has 21 heavy (non-hydrogen) atoms. The Labute approximate surface area is 128 Å². The zero-order valence-electron chi connectivity index (χ0n) is 12.0. The first-order chi connectivity index (χ1) is 10.2. The van der Waals surface area contributed by atoms with Crippen molar-refractivity contribution in [2.24, 2.45) is 0 Å². The van der Waals surface area contributed by atoms with Crippen LogP contribution in [0.2, 0.25) is 5.02 Å². The number of imidazole rings is 1. The SMILES string of the molecule is CCNC1C(=O)Nc2cc(-n3ccnc3CC)c(Cl)cc21. The Balaban J connectivity index is 2.08. The molecule has 0 bridgehead atoms. The van der Waals surface area contributed by atoms with Crippen molar-refractivity contribution in [3.8, 4) is 5.69 Å². The molecule has 0 aliphatic carbocycles. The van der Waals surface area contributed by atoms with Crippen LogP contribution in [0.15, 0.2) is 24.5 Å². The lowest BCUT2D eigenvalue weighted by Crippen LogP contribution is -2.27. The third-order valence-electron chi connectivity index (χ3n) is 3.65. The molecule has 0 saturated heterocycles. The van der Waals surface area contributed by atoms with Gasteiger partial charge >= 0.3 is 0 Å². The van der Waals surface area contributed by atoms with E-state index in [9.17, 15) is 4.79 Å². The smallest absolute Gasteiger partial charge is 0.246 e. The zero-order chi connectivity index (χ0) is 15.0. The molecule has 0 radical (unpaired) electrons. The second kappa shape index (κ2) is 5.50. The monoisotopic (exact) mass is 304 g/mol. The first-order valence-electron chi connectivity index (χ1n) is 7.06. The number of anilines is 1. The van der Waals surface area contributed by atoms with Gasteiger partial charge in [0, 0.05) is 30.1 Å². The Hall–Kier alpha value is -1.85. The number of halogens is 1. The van der Waals surface area contributed by atoms with E-state index in [-0.39, 0.29) is 11.9 Å². The number of nitrogens with zero attached hydrogens (tertiary/aromatic N) is 2. The molecule has 1 amide bonds. The molecule has 1 aromatic heterocycles. The molecule has 3 rings (SSSR count). The van der Waals surface area contributed by atoms with Gasteiger partial charge in [0.05, 0.1) is 10.7 Å². The summed E-state index contributed by atoms with van der Waals surface area (Å²) in [7, 11) is 0. The lowest BCUT2D eigenvalue weighted by Gasteiger charge is -2.13. The van der Waals surface area contributed by atoms with Crippen LogP contribution in [0.4, 0.5) is 5.69 Å². The molecule has 5 nitrogen and oxygen atoms in total. The van der Waals surface area contributed by atoms with Crippen molar-refractivity contribution in [2.75, 3.05) is 11.9 Å². The Kier molecular flexibility index (Phi) is 3.69. The second-order valence-electron chi connectivity index (χ2n) is 4.94. The molecule has 2 N–H and O–H groups in total. The number of carbonyl (C=O) groups is 1. The minimum atomic E-state index is -0.329. The molecule has 1 aromatic carbocycles. The van der Waals surface area contributed by atoms with Gasteiger partial charge in [0.15, 0.2) is 0 Å². The van der Waals surface area contributed by atoms with Gasteiger partial charge in [-0.05, 0) is 18.7 Å². The van der Waals surface area contributed by atoms with E-state index < -0.39 is 0 Å². The van der Waals surface area contributed by atoms with Gasteiger partial charge < -0.3 is 15.2 Å². The summed E-state index contributed by atoms with van der Waals surface area (Å²) in [6, 6.07) is 3.44. The molecule has 2 aromatic rings. The lowest BCUT2D eigenvalue weighted by molar-refractivity contribution is -0.117. The van der Waals surface area contributed by atoms with Crippen LogP contribution in [0.3, 0.4) is 0 Å². The van der Waals surface area contributed by atoms with E-state index in [2.05, 4.69) is 15.6 Å². The predicted octanol–water partition coefficient (Wildman–Crippen LogP) is 2.69. The van der Waals surface area contributed by atoms with Gasteiger partial charge in [-0.2, -0.15) is 0 Å². The number of aromatic nitrogens is 2. The summed E-state index contributed by atoms with van der Waals surface area (Å²) in [4.78, 5) is 16.3. The van der Waals surface area contributed by atoms with Crippen molar-refractivity contribution in [3.05, 3.63) is 40.9 Å². The predicted molar refractivity (Wildman–Crippen MR) is 83.0 cm³/mol. The fraction of sp³-hybridized carbons (Fsp3) is 0.333. The highest BCUT2D eigenvalue weighted by molar-refractivity contribution is 6.32. The quantitative estimate of drug-likeness (QED) is 0.913. The summed E-state index contributed by atoms with van der Waals surface area (Å²) in [6.07, 6.45) is 4.44. The Morgan fingerprint density at radius 2 is 2.24 bits per heavy atom. The molecule has 0 spiro atoms. The van der Waals surface area contributed by atoms with E-state index in [4.69, 9.17) is 11.6 Å². The molecular formula is C15H17ClN4O. The number of amides is 1. The fourth-order valence-electron chi connectivity index (χ4n) is 2.68. The van der Waals surface area contributed by atoms with Crippen molar-refractivity contribution in [3.63, 3.8) is 0 Å². The summed E-state index contributed by atoms with van der Waals surface area (Å²) in [5, 5.41) is 6.68. The fourth-order valence-corrected chi connectivity index (χ4v) is 2.94. The van der Waals surface area contributed by atoms with Gasteiger partial charge in [-0.3, -0.25) is 4.79 Å². The summed E-state index contributed by atoms with van der Waals surface area (Å²) in [5.41, 5.74) is 2.54. The maximum absolute atomic E-state index is 12.0. The lowest BCUT2D eigenvalue weighted by atomic mass is 10.1. The maximum atomic E-state index is 12.0. The zero-order valence-corrected chi connectivity index (χ0v) is 12.7. The molecule has 110 valence electrons. The molecule has 2 heterocycles. The number of hydrogen-bond acceptors (Lipinski definition) is 3. The highest BCUT2D eigenvalue weighted by atomic mass is 35.5. The second-order valence-corrected chi connectivity index (χ2v) is 5.35. The molecule has 1 unspecified atom stereocenters. The van der Waals surface area contributed by atoms with Crippen LogP contribution in [0.25, 0.3) is 5.69 Å². The minimum Gasteiger partial charge on any atom is -0.324 e. The number of carbonyl (C=O) groups excluding carboxylic acids is 1. The third-order valence-corrected chi connectivity index (χ3v) is 3.95. The Morgan fingerprint density at radius 1 is 1.43 bits per heavy atom. The average molecular weight is 305 g/mol. The summed E-state index contributed by atoms with van der Waals surface area (Å²) < 4.78 is 1.95. The van der Waals surface area contributed by atoms with E-state index in [1.807, 2.05) is 36.7 Å². The molecule has 1 aliphatic rings. The van der Waals surface area contributed by atoms with Crippen LogP contribution in [0, 0.1) is 0 Å². The Bertz CT molecular complexity index is 695. The number of likely N-dealkylation sites (N-methyl/N-ethyl adjacent to an activating group) is 1. The van der Waals surface area contributed by atoms with Gasteiger partial charge in [-0.15, -0.1) is 0 Å². The highest BCUT2D eigenvalue weighted by Gasteiger charge is 2.31. The number of rotatable bonds is 4. The van der Waals surface area contributed by atoms with E-state index >= 15 is 0 Å². The first-order valence-corrected chi connectivity index (χ1v) is 7.43. The third kappa shape index (κ3) is 2.32. The first kappa shape index (κ1) is 14.1. The van der Waals surface area contributed by atoms with Crippen molar-refractivity contribution < 1.29 is 4.79 Å². The van der Waals surface area contributed by atoms with Crippen LogP contribution in [-0.2, 0) is 11.2 Å². The normalized spacial score (nSPS) is 16.9. The van der Waals surface area contributed by atoms with Crippen molar-refractivity contribution >= 4 is 23.2 Å². The number of benzene rings is 1. The minimum absolute atomic E-state index is 0.0404. The van der Waals surface area contributed by atoms with Gasteiger partial charge in [0.25, 0.3) is 0 Å². The van der Waals surface area contributed by atoms with Gasteiger partial charge in [0.1, 0.15) is 11.9 Å². The highest BCUT2D eigenvalue weighted by Crippen LogP contribution is 2.36. The van der Waals surface area contributed by atoms with E-state index in [1.165, 1.54) is 0 Å². The standard InChI is InChI=1S/C15H17ClN4O/c1-3-13-18-5-6-20(13)12-8-11-9(7-10(12)16)14(17-4-2)15(21)19-11/h5-8,14,17H,3-4H2,1-2H3,(H,19,21). The number of aryl methyl sites for hydroxylation is 1. The summed E-state index contributed by atoms with van der Waals surface area (Å²) in [6.45, 7) is 4.74. The molecule has 1 aliphatic heterocycles. The van der Waals surface area contributed by atoms with E-state index in [0.717, 1.165) is 35.7 Å². The molecule has 0 saturated carbocycles. The molecule has 0 fully saturated rings. The number of nitrogens with one attached hydrogen (secondary N) is 2. The summed E-state index contributed by atoms with van der Waals surface area (Å²) in [5.74, 6) is 0.894. The van der Waals surface area contributed by atoms with Crippen molar-refractivity contribution in [1.82, 2.24) is 14.9 Å². The van der Waals surface area contributed by atoms with Crippen LogP contribution in [0.1, 0.15) is 31.3 Å². The molecule has 6 heteroatoms.